The maximum Gasteiger partial charge on any atom is -0.0391 e. The van der Waals surface area contributed by atoms with Crippen LogP contribution in [0.3, 0.4) is 0 Å². The quantitative estimate of drug-likeness (QED) is 0.311. The summed E-state index contributed by atoms with van der Waals surface area (Å²) in [6.45, 7) is 9.41. The Hall–Kier alpha value is 0. The van der Waals surface area contributed by atoms with E-state index in [1.165, 1.54) is 77.0 Å². The summed E-state index contributed by atoms with van der Waals surface area (Å²) in [6.07, 6.45) is 17.4. The molecule has 0 saturated heterocycles. The van der Waals surface area contributed by atoms with Crippen molar-refractivity contribution in [3.8, 4) is 0 Å². The molecule has 0 aromatic heterocycles. The first kappa shape index (κ1) is 18.0. The van der Waals surface area contributed by atoms with E-state index < -0.39 is 0 Å². The lowest BCUT2D eigenvalue weighted by Gasteiger charge is -2.19. The first-order valence-corrected chi connectivity index (χ1v) is 8.72. The molecule has 110 valence electrons. The lowest BCUT2D eigenvalue weighted by Crippen LogP contribution is -2.08. The smallest absolute Gasteiger partial charge is 0.0391 e. The summed E-state index contributed by atoms with van der Waals surface area (Å²) < 4.78 is 0. The van der Waals surface area contributed by atoms with E-state index >= 15 is 0 Å². The Morgan fingerprint density at radius 2 is 1.06 bits per heavy atom. The van der Waals surface area contributed by atoms with Gasteiger partial charge in [0.2, 0.25) is 0 Å². The van der Waals surface area contributed by atoms with Crippen molar-refractivity contribution in [2.24, 2.45) is 11.8 Å². The summed E-state index contributed by atoms with van der Waals surface area (Å²) in [5.41, 5.74) is 0. The van der Waals surface area contributed by atoms with E-state index in [-0.39, 0.29) is 0 Å². The van der Waals surface area contributed by atoms with E-state index in [1.54, 1.807) is 0 Å². The van der Waals surface area contributed by atoms with Gasteiger partial charge in [0.15, 0.2) is 0 Å². The summed E-state index contributed by atoms with van der Waals surface area (Å²) in [5.74, 6) is 1.87. The van der Waals surface area contributed by atoms with Crippen molar-refractivity contribution in [2.75, 3.05) is 0 Å². The van der Waals surface area contributed by atoms with Gasteiger partial charge in [-0.05, 0) is 11.8 Å². The first-order valence-electron chi connectivity index (χ1n) is 8.72. The van der Waals surface area contributed by atoms with Crippen LogP contribution in [-0.4, -0.2) is 0 Å². The van der Waals surface area contributed by atoms with Crippen LogP contribution in [0.15, 0.2) is 0 Å². The second-order valence-electron chi connectivity index (χ2n) is 6.41. The molecule has 0 fully saturated rings. The average molecular weight is 255 g/mol. The van der Waals surface area contributed by atoms with Crippen molar-refractivity contribution < 1.29 is 0 Å². The minimum absolute atomic E-state index is 0.888. The van der Waals surface area contributed by atoms with Crippen LogP contribution in [0.2, 0.25) is 0 Å². The predicted octanol–water partition coefficient (Wildman–Crippen LogP) is 6.98. The van der Waals surface area contributed by atoms with Gasteiger partial charge in [-0.15, -0.1) is 0 Å². The largest absolute Gasteiger partial charge is 0.0654 e. The van der Waals surface area contributed by atoms with Crippen LogP contribution in [0.4, 0.5) is 0 Å². The maximum atomic E-state index is 2.40. The summed E-state index contributed by atoms with van der Waals surface area (Å²) in [6, 6.07) is 0. The third-order valence-electron chi connectivity index (χ3n) is 4.28. The van der Waals surface area contributed by atoms with Gasteiger partial charge in [-0.2, -0.15) is 0 Å². The Kier molecular flexibility index (Phi) is 13.4. The van der Waals surface area contributed by atoms with Gasteiger partial charge in [0.1, 0.15) is 0 Å². The summed E-state index contributed by atoms with van der Waals surface area (Å²) in [7, 11) is 0. The molecular formula is C18H38. The molecule has 0 amide bonds. The fraction of sp³-hybridized carbons (Fsp3) is 1.00. The fourth-order valence-corrected chi connectivity index (χ4v) is 2.90. The van der Waals surface area contributed by atoms with Gasteiger partial charge in [-0.1, -0.05) is 105 Å². The SMILES string of the molecule is CCCCCCCCCCCC(CCC)C(C)C. The fourth-order valence-electron chi connectivity index (χ4n) is 2.90. The third-order valence-corrected chi connectivity index (χ3v) is 4.28. The van der Waals surface area contributed by atoms with Crippen LogP contribution < -0.4 is 0 Å². The van der Waals surface area contributed by atoms with Crippen molar-refractivity contribution in [2.45, 2.75) is 105 Å². The highest BCUT2D eigenvalue weighted by molar-refractivity contribution is 4.63. The topological polar surface area (TPSA) is 0 Å². The molecule has 0 nitrogen and oxygen atoms in total. The van der Waals surface area contributed by atoms with Gasteiger partial charge < -0.3 is 0 Å². The molecular weight excluding hydrogens is 216 g/mol. The predicted molar refractivity (Wildman–Crippen MR) is 85.1 cm³/mol. The molecule has 18 heavy (non-hydrogen) atoms. The van der Waals surface area contributed by atoms with Crippen LogP contribution in [0.25, 0.3) is 0 Å². The van der Waals surface area contributed by atoms with E-state index in [1.807, 2.05) is 0 Å². The van der Waals surface area contributed by atoms with Gasteiger partial charge in [0.25, 0.3) is 0 Å². The standard InChI is InChI=1S/C18H38/c1-5-7-8-9-10-11-12-13-14-16-18(15-6-2)17(3)4/h17-18H,5-16H2,1-4H3. The molecule has 0 aliphatic rings. The van der Waals surface area contributed by atoms with E-state index in [2.05, 4.69) is 27.7 Å². The second kappa shape index (κ2) is 13.4. The summed E-state index contributed by atoms with van der Waals surface area (Å²) in [5, 5.41) is 0. The van der Waals surface area contributed by atoms with Gasteiger partial charge >= 0.3 is 0 Å². The van der Waals surface area contributed by atoms with Gasteiger partial charge in [-0.25, -0.2) is 0 Å². The zero-order valence-corrected chi connectivity index (χ0v) is 13.6. The molecule has 0 heterocycles. The molecule has 0 rings (SSSR count). The number of rotatable bonds is 13. The van der Waals surface area contributed by atoms with Crippen LogP contribution in [-0.2, 0) is 0 Å². The molecule has 0 aliphatic heterocycles. The van der Waals surface area contributed by atoms with Gasteiger partial charge in [-0.3, -0.25) is 0 Å². The van der Waals surface area contributed by atoms with Crippen molar-refractivity contribution in [1.82, 2.24) is 0 Å². The highest BCUT2D eigenvalue weighted by atomic mass is 14.2. The average Bonchev–Trinajstić information content (AvgIpc) is 2.35. The zero-order valence-electron chi connectivity index (χ0n) is 13.6. The normalized spacial score (nSPS) is 13.2. The molecule has 0 spiro atoms. The molecule has 0 aromatic carbocycles. The van der Waals surface area contributed by atoms with Crippen LogP contribution in [0.1, 0.15) is 105 Å². The number of hydrogen-bond acceptors (Lipinski definition) is 0. The second-order valence-corrected chi connectivity index (χ2v) is 6.41. The molecule has 1 unspecified atom stereocenters. The monoisotopic (exact) mass is 254 g/mol. The Morgan fingerprint density at radius 3 is 1.50 bits per heavy atom. The molecule has 0 aliphatic carbocycles. The lowest BCUT2D eigenvalue weighted by molar-refractivity contribution is 0.321. The minimum Gasteiger partial charge on any atom is -0.0654 e. The van der Waals surface area contributed by atoms with Crippen molar-refractivity contribution in [3.63, 3.8) is 0 Å². The maximum absolute atomic E-state index is 2.40. The Morgan fingerprint density at radius 1 is 0.556 bits per heavy atom. The molecule has 0 heteroatoms. The molecule has 0 N–H and O–H groups in total. The Bertz CT molecular complexity index is 148. The van der Waals surface area contributed by atoms with E-state index in [0.717, 1.165) is 11.8 Å². The van der Waals surface area contributed by atoms with Crippen molar-refractivity contribution >= 4 is 0 Å². The molecule has 0 radical (unpaired) electrons. The first-order chi connectivity index (χ1) is 8.72. The Balaban J connectivity index is 3.27. The van der Waals surface area contributed by atoms with Gasteiger partial charge in [0, 0.05) is 0 Å². The van der Waals surface area contributed by atoms with Crippen LogP contribution in [0.5, 0.6) is 0 Å². The highest BCUT2D eigenvalue weighted by Gasteiger charge is 2.11. The minimum atomic E-state index is 0.888. The Labute approximate surface area is 117 Å². The molecule has 0 aromatic rings. The third kappa shape index (κ3) is 11.1. The molecule has 1 atom stereocenters. The zero-order chi connectivity index (χ0) is 13.6. The molecule has 0 saturated carbocycles. The highest BCUT2D eigenvalue weighted by Crippen LogP contribution is 2.24. The summed E-state index contributed by atoms with van der Waals surface area (Å²) in [4.78, 5) is 0. The van der Waals surface area contributed by atoms with Crippen LogP contribution >= 0.6 is 0 Å². The summed E-state index contributed by atoms with van der Waals surface area (Å²) >= 11 is 0. The van der Waals surface area contributed by atoms with Crippen LogP contribution in [0, 0.1) is 11.8 Å². The molecule has 0 bridgehead atoms. The van der Waals surface area contributed by atoms with Crippen molar-refractivity contribution in [3.05, 3.63) is 0 Å². The van der Waals surface area contributed by atoms with E-state index in [0.29, 0.717) is 0 Å². The van der Waals surface area contributed by atoms with Gasteiger partial charge in [0.05, 0.1) is 0 Å². The van der Waals surface area contributed by atoms with Crippen molar-refractivity contribution in [1.29, 1.82) is 0 Å². The number of unbranched alkanes of at least 4 members (excludes halogenated alkanes) is 8. The van der Waals surface area contributed by atoms with E-state index in [4.69, 9.17) is 0 Å². The number of hydrogen-bond donors (Lipinski definition) is 0. The lowest BCUT2D eigenvalue weighted by atomic mass is 9.86. The van der Waals surface area contributed by atoms with E-state index in [9.17, 15) is 0 Å².